The lowest BCUT2D eigenvalue weighted by molar-refractivity contribution is 0.125. The molecule has 42 heavy (non-hydrogen) atoms. The quantitative estimate of drug-likeness (QED) is 0.147. The third kappa shape index (κ3) is 4.81. The van der Waals surface area contributed by atoms with Crippen molar-refractivity contribution in [2.75, 3.05) is 0 Å². The van der Waals surface area contributed by atoms with Crippen molar-refractivity contribution in [1.29, 1.82) is 0 Å². The van der Waals surface area contributed by atoms with Gasteiger partial charge in [-0.15, -0.1) is 5.10 Å². The number of oxime groups is 1. The van der Waals surface area contributed by atoms with Crippen LogP contribution in [0, 0.1) is 0 Å². The van der Waals surface area contributed by atoms with Gasteiger partial charge in [0.15, 0.2) is 18.1 Å². The van der Waals surface area contributed by atoms with E-state index in [4.69, 9.17) is 19.9 Å². The van der Waals surface area contributed by atoms with Crippen molar-refractivity contribution < 1.29 is 4.84 Å². The highest BCUT2D eigenvalue weighted by atomic mass is 16.6. The van der Waals surface area contributed by atoms with Crippen LogP contribution >= 0.6 is 0 Å². The minimum Gasteiger partial charge on any atom is -0.387 e. The third-order valence-electron chi connectivity index (χ3n) is 7.30. The lowest BCUT2D eigenvalue weighted by Crippen LogP contribution is -2.03. The third-order valence-corrected chi connectivity index (χ3v) is 7.30. The number of rotatable bonds is 8. The van der Waals surface area contributed by atoms with E-state index in [1.165, 1.54) is 5.56 Å². The van der Waals surface area contributed by atoms with Gasteiger partial charge < -0.3 is 9.40 Å². The van der Waals surface area contributed by atoms with E-state index in [9.17, 15) is 0 Å². The lowest BCUT2D eigenvalue weighted by Gasteiger charge is -2.13. The number of nitrogens with zero attached hydrogens (tertiary/aromatic N) is 6. The number of aromatic nitrogens is 5. The van der Waals surface area contributed by atoms with Gasteiger partial charge in [-0.1, -0.05) is 126 Å². The van der Waals surface area contributed by atoms with E-state index in [0.717, 1.165) is 50.3 Å². The van der Waals surface area contributed by atoms with E-state index < -0.39 is 0 Å². The van der Waals surface area contributed by atoms with Gasteiger partial charge in [0, 0.05) is 12.1 Å². The van der Waals surface area contributed by atoms with Crippen molar-refractivity contribution >= 4 is 22.4 Å². The Hall–Kier alpha value is -5.56. The molecule has 0 amide bonds. The van der Waals surface area contributed by atoms with Crippen LogP contribution in [-0.2, 0) is 18.0 Å². The summed E-state index contributed by atoms with van der Waals surface area (Å²) in [7, 11) is 0. The second-order valence-electron chi connectivity index (χ2n) is 10.1. The van der Waals surface area contributed by atoms with Crippen molar-refractivity contribution in [3.8, 4) is 22.4 Å². The molecule has 3 aromatic heterocycles. The SMILES string of the molecule is C/C(=N\OCc1nc2c3c(-c4ccccc4)c(-c4ccccc4)n(Cc4ccccc4)c3ncn2n1)c1ccccc1. The van der Waals surface area contributed by atoms with Crippen LogP contribution in [0.15, 0.2) is 133 Å². The zero-order valence-corrected chi connectivity index (χ0v) is 23.1. The molecule has 7 nitrogen and oxygen atoms in total. The first-order valence-electron chi connectivity index (χ1n) is 13.9. The topological polar surface area (TPSA) is 69.6 Å². The Morgan fingerprint density at radius 3 is 2.05 bits per heavy atom. The van der Waals surface area contributed by atoms with Gasteiger partial charge in [-0.25, -0.2) is 14.5 Å². The molecule has 0 saturated carbocycles. The van der Waals surface area contributed by atoms with Crippen LogP contribution in [0.5, 0.6) is 0 Å². The molecule has 0 N–H and O–H groups in total. The Balaban J connectivity index is 1.40. The first kappa shape index (κ1) is 25.4. The van der Waals surface area contributed by atoms with Gasteiger partial charge >= 0.3 is 0 Å². The molecule has 0 unspecified atom stereocenters. The largest absolute Gasteiger partial charge is 0.387 e. The summed E-state index contributed by atoms with van der Waals surface area (Å²) >= 11 is 0. The Morgan fingerprint density at radius 2 is 1.36 bits per heavy atom. The van der Waals surface area contributed by atoms with Gasteiger partial charge in [0.1, 0.15) is 12.0 Å². The smallest absolute Gasteiger partial charge is 0.192 e. The monoisotopic (exact) mass is 548 g/mol. The minimum absolute atomic E-state index is 0.143. The molecule has 0 bridgehead atoms. The van der Waals surface area contributed by atoms with Crippen LogP contribution < -0.4 is 0 Å². The Bertz CT molecular complexity index is 2000. The van der Waals surface area contributed by atoms with Crippen LogP contribution in [-0.4, -0.2) is 29.9 Å². The van der Waals surface area contributed by atoms with E-state index in [1.54, 1.807) is 10.8 Å². The maximum Gasteiger partial charge on any atom is 0.192 e. The summed E-state index contributed by atoms with van der Waals surface area (Å²) in [6, 6.07) is 41.3. The molecule has 7 rings (SSSR count). The average molecular weight is 549 g/mol. The molecule has 0 atom stereocenters. The minimum atomic E-state index is 0.143. The molecule has 7 heteroatoms. The Labute approximate surface area is 243 Å². The van der Waals surface area contributed by atoms with Gasteiger partial charge in [-0.3, -0.25) is 0 Å². The number of fused-ring (bicyclic) bond motifs is 3. The second kappa shape index (κ2) is 11.1. The van der Waals surface area contributed by atoms with Gasteiger partial charge in [0.05, 0.1) is 16.8 Å². The molecule has 4 aromatic carbocycles. The van der Waals surface area contributed by atoms with Gasteiger partial charge in [0.25, 0.3) is 0 Å². The molecular weight excluding hydrogens is 520 g/mol. The summed E-state index contributed by atoms with van der Waals surface area (Å²) in [5.41, 5.74) is 8.92. The van der Waals surface area contributed by atoms with Gasteiger partial charge in [-0.2, -0.15) is 0 Å². The zero-order chi connectivity index (χ0) is 28.3. The van der Waals surface area contributed by atoms with E-state index in [-0.39, 0.29) is 6.61 Å². The van der Waals surface area contributed by atoms with Crippen LogP contribution in [0.25, 0.3) is 39.1 Å². The Kier molecular flexibility index (Phi) is 6.74. The highest BCUT2D eigenvalue weighted by molar-refractivity contribution is 6.09. The maximum atomic E-state index is 5.69. The summed E-state index contributed by atoms with van der Waals surface area (Å²) in [5.74, 6) is 0.532. The Morgan fingerprint density at radius 1 is 0.738 bits per heavy atom. The normalized spacial score (nSPS) is 11.8. The molecule has 204 valence electrons. The zero-order valence-electron chi connectivity index (χ0n) is 23.1. The fourth-order valence-electron chi connectivity index (χ4n) is 5.36. The van der Waals surface area contributed by atoms with Crippen molar-refractivity contribution in [1.82, 2.24) is 24.1 Å². The van der Waals surface area contributed by atoms with Gasteiger partial charge in [-0.05, 0) is 29.2 Å². The molecule has 7 aromatic rings. The maximum absolute atomic E-state index is 5.69. The van der Waals surface area contributed by atoms with Crippen molar-refractivity contribution in [3.05, 3.63) is 145 Å². The molecule has 0 aliphatic carbocycles. The fourth-order valence-corrected chi connectivity index (χ4v) is 5.36. The van der Waals surface area contributed by atoms with Crippen molar-refractivity contribution in [2.45, 2.75) is 20.1 Å². The molecule has 0 spiro atoms. The highest BCUT2D eigenvalue weighted by Gasteiger charge is 2.25. The molecule has 0 saturated heterocycles. The summed E-state index contributed by atoms with van der Waals surface area (Å²) in [6.07, 6.45) is 1.73. The van der Waals surface area contributed by atoms with E-state index >= 15 is 0 Å². The van der Waals surface area contributed by atoms with Crippen molar-refractivity contribution in [2.24, 2.45) is 5.16 Å². The van der Waals surface area contributed by atoms with E-state index in [2.05, 4.69) is 82.5 Å². The predicted molar refractivity (Wildman–Crippen MR) is 166 cm³/mol. The second-order valence-corrected chi connectivity index (χ2v) is 10.1. The van der Waals surface area contributed by atoms with Crippen molar-refractivity contribution in [3.63, 3.8) is 0 Å². The molecule has 0 fully saturated rings. The molecule has 0 aliphatic heterocycles. The molecule has 3 heterocycles. The predicted octanol–water partition coefficient (Wildman–Crippen LogP) is 7.40. The van der Waals surface area contributed by atoms with E-state index in [0.29, 0.717) is 12.4 Å². The van der Waals surface area contributed by atoms with Crippen LogP contribution in [0.3, 0.4) is 0 Å². The van der Waals surface area contributed by atoms with Crippen LogP contribution in [0.4, 0.5) is 0 Å². The first-order valence-corrected chi connectivity index (χ1v) is 13.9. The fraction of sp³-hybridized carbons (Fsp3) is 0.0857. The molecule has 0 radical (unpaired) electrons. The van der Waals surface area contributed by atoms with E-state index in [1.807, 2.05) is 55.5 Å². The van der Waals surface area contributed by atoms with Crippen LogP contribution in [0.1, 0.15) is 23.9 Å². The molecular formula is C35H28N6O. The lowest BCUT2D eigenvalue weighted by atomic mass is 9.99. The first-order chi connectivity index (χ1) is 20.8. The molecule has 0 aliphatic rings. The van der Waals surface area contributed by atoms with Gasteiger partial charge in [0.2, 0.25) is 0 Å². The summed E-state index contributed by atoms with van der Waals surface area (Å²) < 4.78 is 4.03. The highest BCUT2D eigenvalue weighted by Crippen LogP contribution is 2.42. The average Bonchev–Trinajstić information content (AvgIpc) is 3.61. The summed E-state index contributed by atoms with van der Waals surface area (Å²) in [6.45, 7) is 2.73. The summed E-state index contributed by atoms with van der Waals surface area (Å²) in [4.78, 5) is 15.6. The number of hydrogen-bond acceptors (Lipinski definition) is 5. The number of hydrogen-bond donors (Lipinski definition) is 0. The number of benzene rings is 4. The summed E-state index contributed by atoms with van der Waals surface area (Å²) in [5, 5.41) is 9.95. The standard InChI is InChI=1S/C35H28N6O/c1-25(27-16-8-3-9-17-27)39-42-23-30-37-35-32-31(28-18-10-4-11-19-28)33(29-20-12-5-13-21-29)40(22-26-14-6-2-7-15-26)34(32)36-24-41(35)38-30/h2-21,24H,22-23H2,1H3/b39-25+. The van der Waals surface area contributed by atoms with Crippen LogP contribution in [0.2, 0.25) is 0 Å².